The van der Waals surface area contributed by atoms with Gasteiger partial charge in [-0.15, -0.1) is 0 Å². The summed E-state index contributed by atoms with van der Waals surface area (Å²) in [5.74, 6) is -0.295. The highest BCUT2D eigenvalue weighted by Crippen LogP contribution is 2.45. The van der Waals surface area contributed by atoms with Crippen LogP contribution < -0.4 is 0 Å². The summed E-state index contributed by atoms with van der Waals surface area (Å²) in [6, 6.07) is 0. The lowest BCUT2D eigenvalue weighted by atomic mass is 9.73. The second-order valence-electron chi connectivity index (χ2n) is 6.92. The average Bonchev–Trinajstić information content (AvgIpc) is 3.00. The van der Waals surface area contributed by atoms with Gasteiger partial charge in [-0.2, -0.15) is 0 Å². The highest BCUT2D eigenvalue weighted by Gasteiger charge is 2.46. The Bertz CT molecular complexity index is 275. The molecule has 0 aromatic carbocycles. The molecule has 1 aliphatic carbocycles. The van der Waals surface area contributed by atoms with Crippen molar-refractivity contribution in [2.75, 3.05) is 39.6 Å². The van der Waals surface area contributed by atoms with Crippen molar-refractivity contribution in [1.29, 1.82) is 0 Å². The summed E-state index contributed by atoms with van der Waals surface area (Å²) in [6.45, 7) is 9.25. The molecular formula is C18H34O4. The Balaban J connectivity index is 1.82. The molecule has 1 spiro atoms. The molecule has 2 aliphatic rings. The monoisotopic (exact) mass is 314 g/mol. The first-order chi connectivity index (χ1) is 10.7. The molecule has 4 nitrogen and oxygen atoms in total. The van der Waals surface area contributed by atoms with Crippen LogP contribution in [-0.2, 0) is 18.9 Å². The zero-order valence-electron chi connectivity index (χ0n) is 14.5. The van der Waals surface area contributed by atoms with Crippen LogP contribution in [0.1, 0.15) is 65.2 Å². The second-order valence-corrected chi connectivity index (χ2v) is 6.92. The van der Waals surface area contributed by atoms with Gasteiger partial charge in [-0.1, -0.05) is 26.7 Å². The van der Waals surface area contributed by atoms with Gasteiger partial charge in [0.05, 0.1) is 26.4 Å². The second kappa shape index (κ2) is 9.21. The normalized spacial score (nSPS) is 23.2. The molecule has 0 unspecified atom stereocenters. The smallest absolute Gasteiger partial charge is 0.168 e. The van der Waals surface area contributed by atoms with E-state index < -0.39 is 0 Å². The van der Waals surface area contributed by atoms with Crippen LogP contribution in [0.3, 0.4) is 0 Å². The fourth-order valence-electron chi connectivity index (χ4n) is 3.35. The van der Waals surface area contributed by atoms with Gasteiger partial charge in [-0.3, -0.25) is 0 Å². The van der Waals surface area contributed by atoms with E-state index in [2.05, 4.69) is 13.8 Å². The van der Waals surface area contributed by atoms with Crippen molar-refractivity contribution in [2.45, 2.75) is 71.0 Å². The lowest BCUT2D eigenvalue weighted by molar-refractivity contribution is -0.201. The molecule has 2 fully saturated rings. The van der Waals surface area contributed by atoms with E-state index in [1.807, 2.05) is 0 Å². The highest BCUT2D eigenvalue weighted by molar-refractivity contribution is 4.91. The van der Waals surface area contributed by atoms with Gasteiger partial charge in [0.15, 0.2) is 5.79 Å². The zero-order valence-corrected chi connectivity index (χ0v) is 14.5. The summed E-state index contributed by atoms with van der Waals surface area (Å²) < 4.78 is 23.6. The van der Waals surface area contributed by atoms with E-state index >= 15 is 0 Å². The van der Waals surface area contributed by atoms with Crippen LogP contribution in [-0.4, -0.2) is 45.4 Å². The Kier molecular flexibility index (Phi) is 7.61. The van der Waals surface area contributed by atoms with E-state index in [1.54, 1.807) is 0 Å². The minimum Gasteiger partial charge on any atom is -0.381 e. The summed E-state index contributed by atoms with van der Waals surface area (Å²) in [5, 5.41) is 0. The van der Waals surface area contributed by atoms with Crippen molar-refractivity contribution < 1.29 is 18.9 Å². The average molecular weight is 314 g/mol. The van der Waals surface area contributed by atoms with Gasteiger partial charge >= 0.3 is 0 Å². The largest absolute Gasteiger partial charge is 0.381 e. The van der Waals surface area contributed by atoms with Crippen LogP contribution in [0.2, 0.25) is 0 Å². The molecule has 1 heterocycles. The van der Waals surface area contributed by atoms with Crippen molar-refractivity contribution in [3.8, 4) is 0 Å². The molecule has 0 atom stereocenters. The standard InChI is InChI=1S/C18H34O4/c1-3-5-11-19-15-17(16-20-12-6-4-2)7-9-18(10-8-17)21-13-14-22-18/h3-16H2,1-2H3. The summed E-state index contributed by atoms with van der Waals surface area (Å²) in [5.41, 5.74) is 0.155. The molecule has 130 valence electrons. The molecule has 2 rings (SSSR count). The van der Waals surface area contributed by atoms with Gasteiger partial charge in [0.1, 0.15) is 0 Å². The van der Waals surface area contributed by atoms with Crippen molar-refractivity contribution in [3.05, 3.63) is 0 Å². The first-order valence-corrected chi connectivity index (χ1v) is 9.18. The molecule has 0 amide bonds. The van der Waals surface area contributed by atoms with Crippen molar-refractivity contribution in [3.63, 3.8) is 0 Å². The lowest BCUT2D eigenvalue weighted by Crippen LogP contribution is -2.44. The maximum absolute atomic E-state index is 5.96. The SMILES string of the molecule is CCCCOCC1(COCCCC)CCC2(CC1)OCCO2. The maximum atomic E-state index is 5.96. The fraction of sp³-hybridized carbons (Fsp3) is 1.00. The van der Waals surface area contributed by atoms with Crippen LogP contribution in [0.25, 0.3) is 0 Å². The number of unbranched alkanes of at least 4 members (excludes halogenated alkanes) is 2. The molecule has 1 aliphatic heterocycles. The molecule has 0 bridgehead atoms. The van der Waals surface area contributed by atoms with Crippen molar-refractivity contribution >= 4 is 0 Å². The van der Waals surface area contributed by atoms with Crippen LogP contribution in [0, 0.1) is 5.41 Å². The molecule has 0 aromatic heterocycles. The lowest BCUT2D eigenvalue weighted by Gasteiger charge is -2.43. The molecule has 22 heavy (non-hydrogen) atoms. The third-order valence-corrected chi connectivity index (χ3v) is 4.99. The van der Waals surface area contributed by atoms with E-state index in [1.165, 1.54) is 12.8 Å². The van der Waals surface area contributed by atoms with Gasteiger partial charge in [0.2, 0.25) is 0 Å². The minimum absolute atomic E-state index is 0.155. The molecule has 0 aromatic rings. The topological polar surface area (TPSA) is 36.9 Å². The van der Waals surface area contributed by atoms with Crippen LogP contribution in [0.4, 0.5) is 0 Å². The third-order valence-electron chi connectivity index (χ3n) is 4.99. The van der Waals surface area contributed by atoms with Gasteiger partial charge in [-0.05, 0) is 25.7 Å². The van der Waals surface area contributed by atoms with Crippen LogP contribution >= 0.6 is 0 Å². The molecule has 0 radical (unpaired) electrons. The summed E-state index contributed by atoms with van der Waals surface area (Å²) in [6.07, 6.45) is 8.75. The van der Waals surface area contributed by atoms with Gasteiger partial charge < -0.3 is 18.9 Å². The Labute approximate surface area is 135 Å². The van der Waals surface area contributed by atoms with E-state index in [0.717, 1.165) is 78.2 Å². The molecule has 0 N–H and O–H groups in total. The van der Waals surface area contributed by atoms with Crippen molar-refractivity contribution in [1.82, 2.24) is 0 Å². The molecule has 1 saturated carbocycles. The molecular weight excluding hydrogens is 280 g/mol. The minimum atomic E-state index is -0.295. The van der Waals surface area contributed by atoms with Gasteiger partial charge in [0, 0.05) is 31.5 Å². The first-order valence-electron chi connectivity index (χ1n) is 9.18. The predicted octanol–water partition coefficient (Wildman–Crippen LogP) is 3.92. The zero-order chi connectivity index (χ0) is 15.7. The summed E-state index contributed by atoms with van der Waals surface area (Å²) in [4.78, 5) is 0. The third kappa shape index (κ3) is 5.19. The summed E-state index contributed by atoms with van der Waals surface area (Å²) >= 11 is 0. The Morgan fingerprint density at radius 2 is 1.27 bits per heavy atom. The highest BCUT2D eigenvalue weighted by atomic mass is 16.7. The fourth-order valence-corrected chi connectivity index (χ4v) is 3.35. The number of hydrogen-bond acceptors (Lipinski definition) is 4. The van der Waals surface area contributed by atoms with E-state index in [0.29, 0.717) is 0 Å². The van der Waals surface area contributed by atoms with E-state index in [-0.39, 0.29) is 11.2 Å². The maximum Gasteiger partial charge on any atom is 0.168 e. The quantitative estimate of drug-likeness (QED) is 0.573. The Morgan fingerprint density at radius 3 is 1.73 bits per heavy atom. The molecule has 1 saturated heterocycles. The van der Waals surface area contributed by atoms with Gasteiger partial charge in [-0.25, -0.2) is 0 Å². The predicted molar refractivity (Wildman–Crippen MR) is 87.0 cm³/mol. The van der Waals surface area contributed by atoms with E-state index in [4.69, 9.17) is 18.9 Å². The first kappa shape index (κ1) is 18.2. The molecule has 4 heteroatoms. The van der Waals surface area contributed by atoms with Crippen molar-refractivity contribution in [2.24, 2.45) is 5.41 Å². The number of rotatable bonds is 10. The van der Waals surface area contributed by atoms with Crippen LogP contribution in [0.5, 0.6) is 0 Å². The van der Waals surface area contributed by atoms with Gasteiger partial charge in [0.25, 0.3) is 0 Å². The number of hydrogen-bond donors (Lipinski definition) is 0. The van der Waals surface area contributed by atoms with Crippen LogP contribution in [0.15, 0.2) is 0 Å². The Hall–Kier alpha value is -0.160. The number of ether oxygens (including phenoxy) is 4. The van der Waals surface area contributed by atoms with E-state index in [9.17, 15) is 0 Å². The Morgan fingerprint density at radius 1 is 0.773 bits per heavy atom. The summed E-state index contributed by atoms with van der Waals surface area (Å²) in [7, 11) is 0.